The first-order valence-corrected chi connectivity index (χ1v) is 8.84. The van der Waals surface area contributed by atoms with Crippen LogP contribution < -0.4 is 5.32 Å². The Morgan fingerprint density at radius 3 is 2.82 bits per heavy atom. The van der Waals surface area contributed by atoms with Gasteiger partial charge >= 0.3 is 5.97 Å². The van der Waals surface area contributed by atoms with Crippen molar-refractivity contribution < 1.29 is 27.5 Å². The van der Waals surface area contributed by atoms with Crippen molar-refractivity contribution in [1.82, 2.24) is 9.62 Å². The summed E-state index contributed by atoms with van der Waals surface area (Å²) in [4.78, 5) is 22.9. The number of hydrogen-bond acceptors (Lipinski definition) is 5. The van der Waals surface area contributed by atoms with Crippen LogP contribution in [0, 0.1) is 0 Å². The van der Waals surface area contributed by atoms with Crippen LogP contribution in [0.1, 0.15) is 12.8 Å². The molecule has 1 aromatic heterocycles. The van der Waals surface area contributed by atoms with Gasteiger partial charge in [-0.3, -0.25) is 4.79 Å². The molecule has 1 aliphatic heterocycles. The Bertz CT molecular complexity index is 646. The van der Waals surface area contributed by atoms with Crippen molar-refractivity contribution in [2.45, 2.75) is 29.1 Å². The lowest BCUT2D eigenvalue weighted by molar-refractivity contribution is -0.142. The largest absolute Gasteiger partial charge is 0.480 e. The first-order valence-electron chi connectivity index (χ1n) is 6.52. The van der Waals surface area contributed by atoms with Crippen molar-refractivity contribution in [3.63, 3.8) is 0 Å². The van der Waals surface area contributed by atoms with Gasteiger partial charge in [-0.2, -0.15) is 4.31 Å². The van der Waals surface area contributed by atoms with E-state index < -0.39 is 40.7 Å². The molecule has 2 heterocycles. The molecule has 22 heavy (non-hydrogen) atoms. The average Bonchev–Trinajstić information content (AvgIpc) is 3.14. The zero-order valence-electron chi connectivity index (χ0n) is 11.4. The number of rotatable bonds is 6. The molecule has 1 saturated heterocycles. The van der Waals surface area contributed by atoms with E-state index in [1.54, 1.807) is 11.4 Å². The van der Waals surface area contributed by atoms with Gasteiger partial charge in [0, 0.05) is 6.54 Å². The quantitative estimate of drug-likeness (QED) is 0.775. The third-order valence-electron chi connectivity index (χ3n) is 3.33. The first kappa shape index (κ1) is 16.8. The van der Waals surface area contributed by atoms with Crippen LogP contribution >= 0.6 is 11.3 Å². The Morgan fingerprint density at radius 2 is 2.27 bits per heavy atom. The fourth-order valence-corrected chi connectivity index (χ4v) is 5.03. The van der Waals surface area contributed by atoms with Crippen molar-refractivity contribution in [1.29, 1.82) is 0 Å². The number of carbonyl (C=O) groups excluding carboxylic acids is 1. The van der Waals surface area contributed by atoms with Gasteiger partial charge in [0.1, 0.15) is 16.9 Å². The third kappa shape index (κ3) is 3.28. The van der Waals surface area contributed by atoms with Crippen LogP contribution in [0.25, 0.3) is 0 Å². The number of carboxylic acids is 1. The molecular formula is C12H15FN2O5S2. The smallest absolute Gasteiger partial charge is 0.328 e. The van der Waals surface area contributed by atoms with E-state index in [1.165, 1.54) is 6.07 Å². The number of carboxylic acid groups (broad SMARTS) is 1. The van der Waals surface area contributed by atoms with Crippen LogP contribution in [-0.4, -0.2) is 55.0 Å². The predicted molar refractivity (Wildman–Crippen MR) is 76.8 cm³/mol. The van der Waals surface area contributed by atoms with Crippen LogP contribution in [0.15, 0.2) is 21.7 Å². The summed E-state index contributed by atoms with van der Waals surface area (Å²) in [7, 11) is -3.80. The Balaban J connectivity index is 2.17. The van der Waals surface area contributed by atoms with E-state index in [9.17, 15) is 22.4 Å². The van der Waals surface area contributed by atoms with Gasteiger partial charge in [0.2, 0.25) is 5.91 Å². The Hall–Kier alpha value is -1.52. The van der Waals surface area contributed by atoms with Crippen LogP contribution in [0.2, 0.25) is 0 Å². The predicted octanol–water partition coefficient (Wildman–Crippen LogP) is 0.440. The Kier molecular flexibility index (Phi) is 5.14. The van der Waals surface area contributed by atoms with Crippen molar-refractivity contribution in [2.24, 2.45) is 0 Å². The fourth-order valence-electron chi connectivity index (χ4n) is 2.25. The summed E-state index contributed by atoms with van der Waals surface area (Å²) in [6, 6.07) is 0.348. The molecule has 1 aliphatic rings. The SMILES string of the molecule is O=C(O)C(CF)NC(=O)C1CCCN1S(=O)(=O)c1cccs1. The van der Waals surface area contributed by atoms with Crippen molar-refractivity contribution in [2.75, 3.05) is 13.2 Å². The molecule has 0 aliphatic carbocycles. The Labute approximate surface area is 130 Å². The number of nitrogens with zero attached hydrogens (tertiary/aromatic N) is 1. The molecule has 2 atom stereocenters. The number of sulfonamides is 1. The second-order valence-electron chi connectivity index (χ2n) is 4.76. The number of carbonyl (C=O) groups is 2. The monoisotopic (exact) mass is 350 g/mol. The maximum Gasteiger partial charge on any atom is 0.328 e. The van der Waals surface area contributed by atoms with Gasteiger partial charge < -0.3 is 10.4 Å². The second-order valence-corrected chi connectivity index (χ2v) is 7.82. The van der Waals surface area contributed by atoms with E-state index in [1.807, 2.05) is 5.32 Å². The number of hydrogen-bond donors (Lipinski definition) is 2. The highest BCUT2D eigenvalue weighted by molar-refractivity contribution is 7.91. The zero-order valence-corrected chi connectivity index (χ0v) is 13.1. The van der Waals surface area contributed by atoms with Gasteiger partial charge in [0.05, 0.1) is 0 Å². The standard InChI is InChI=1S/C12H15FN2O5S2/c13-7-8(12(17)18)14-11(16)9-3-1-5-15(9)22(19,20)10-4-2-6-21-10/h2,4,6,8-9H,1,3,5,7H2,(H,14,16)(H,17,18). The summed E-state index contributed by atoms with van der Waals surface area (Å²) in [5.41, 5.74) is 0. The summed E-state index contributed by atoms with van der Waals surface area (Å²) in [6.45, 7) is -1.09. The number of nitrogens with one attached hydrogen (secondary N) is 1. The molecule has 7 nitrogen and oxygen atoms in total. The van der Waals surface area contributed by atoms with Crippen molar-refractivity contribution in [3.05, 3.63) is 17.5 Å². The number of alkyl halides is 1. The first-order chi connectivity index (χ1) is 10.4. The van der Waals surface area contributed by atoms with Gasteiger partial charge in [0.15, 0.2) is 6.04 Å². The molecule has 1 aromatic rings. The summed E-state index contributed by atoms with van der Waals surface area (Å²) in [5.74, 6) is -2.29. The fraction of sp³-hybridized carbons (Fsp3) is 0.500. The van der Waals surface area contributed by atoms with E-state index in [2.05, 4.69) is 0 Å². The molecule has 2 rings (SSSR count). The lowest BCUT2D eigenvalue weighted by Gasteiger charge is -2.23. The molecule has 0 spiro atoms. The summed E-state index contributed by atoms with van der Waals surface area (Å²) < 4.78 is 38.7. The average molecular weight is 350 g/mol. The maximum absolute atomic E-state index is 12.6. The maximum atomic E-state index is 12.6. The van der Waals surface area contributed by atoms with E-state index in [4.69, 9.17) is 5.11 Å². The van der Waals surface area contributed by atoms with E-state index in [-0.39, 0.29) is 17.2 Å². The minimum Gasteiger partial charge on any atom is -0.480 e. The number of aliphatic carboxylic acids is 1. The molecule has 2 unspecified atom stereocenters. The van der Waals surface area contributed by atoms with E-state index in [0.29, 0.717) is 6.42 Å². The van der Waals surface area contributed by atoms with Gasteiger partial charge in [-0.1, -0.05) is 6.07 Å². The highest BCUT2D eigenvalue weighted by Gasteiger charge is 2.40. The molecule has 2 N–H and O–H groups in total. The van der Waals surface area contributed by atoms with Crippen molar-refractivity contribution >= 4 is 33.2 Å². The molecular weight excluding hydrogens is 335 g/mol. The summed E-state index contributed by atoms with van der Waals surface area (Å²) in [6.07, 6.45) is 0.755. The molecule has 0 radical (unpaired) electrons. The van der Waals surface area contributed by atoms with Gasteiger partial charge in [0.25, 0.3) is 10.0 Å². The van der Waals surface area contributed by atoms with Crippen molar-refractivity contribution in [3.8, 4) is 0 Å². The topological polar surface area (TPSA) is 104 Å². The zero-order chi connectivity index (χ0) is 16.3. The lowest BCUT2D eigenvalue weighted by Crippen LogP contribution is -2.51. The van der Waals surface area contributed by atoms with Crippen LogP contribution in [0.5, 0.6) is 0 Å². The minimum absolute atomic E-state index is 0.118. The summed E-state index contributed by atoms with van der Waals surface area (Å²) >= 11 is 1.04. The molecule has 0 saturated carbocycles. The summed E-state index contributed by atoms with van der Waals surface area (Å²) in [5, 5.41) is 12.4. The second kappa shape index (κ2) is 6.71. The van der Waals surface area contributed by atoms with Crippen LogP contribution in [0.3, 0.4) is 0 Å². The Morgan fingerprint density at radius 1 is 1.55 bits per heavy atom. The number of amides is 1. The molecule has 1 fully saturated rings. The van der Waals surface area contributed by atoms with Gasteiger partial charge in [-0.25, -0.2) is 17.6 Å². The van der Waals surface area contributed by atoms with Gasteiger partial charge in [-0.15, -0.1) is 11.3 Å². The van der Waals surface area contributed by atoms with Crippen LogP contribution in [0.4, 0.5) is 4.39 Å². The third-order valence-corrected chi connectivity index (χ3v) is 6.61. The highest BCUT2D eigenvalue weighted by atomic mass is 32.2. The highest BCUT2D eigenvalue weighted by Crippen LogP contribution is 2.28. The number of halogens is 1. The normalized spacial score (nSPS) is 20.7. The van der Waals surface area contributed by atoms with E-state index in [0.717, 1.165) is 15.6 Å². The molecule has 122 valence electrons. The molecule has 1 amide bonds. The molecule has 0 aromatic carbocycles. The van der Waals surface area contributed by atoms with Gasteiger partial charge in [-0.05, 0) is 24.3 Å². The van der Waals surface area contributed by atoms with E-state index >= 15 is 0 Å². The number of thiophene rings is 1. The van der Waals surface area contributed by atoms with Crippen LogP contribution in [-0.2, 0) is 19.6 Å². The molecule has 0 bridgehead atoms. The molecule has 10 heteroatoms. The minimum atomic E-state index is -3.80. The lowest BCUT2D eigenvalue weighted by atomic mass is 10.2.